The van der Waals surface area contributed by atoms with Gasteiger partial charge in [0.2, 0.25) is 5.91 Å². The van der Waals surface area contributed by atoms with Crippen LogP contribution in [0.25, 0.3) is 0 Å². The molecule has 0 unspecified atom stereocenters. The molecule has 1 aromatic carbocycles. The summed E-state index contributed by atoms with van der Waals surface area (Å²) in [4.78, 5) is 24.6. The van der Waals surface area contributed by atoms with Gasteiger partial charge in [-0.1, -0.05) is 32.0 Å². The van der Waals surface area contributed by atoms with E-state index in [0.717, 1.165) is 18.7 Å². The van der Waals surface area contributed by atoms with Crippen LogP contribution in [0.3, 0.4) is 0 Å². The van der Waals surface area contributed by atoms with Gasteiger partial charge in [0, 0.05) is 12.2 Å². The summed E-state index contributed by atoms with van der Waals surface area (Å²) >= 11 is 0. The summed E-state index contributed by atoms with van der Waals surface area (Å²) in [6, 6.07) is 9.26. The Bertz CT molecular complexity index is 446. The van der Waals surface area contributed by atoms with Gasteiger partial charge in [0.05, 0.1) is 13.0 Å². The average molecular weight is 292 g/mol. The van der Waals surface area contributed by atoms with Gasteiger partial charge in [-0.05, 0) is 31.0 Å². The number of amides is 1. The maximum absolute atomic E-state index is 12.0. The van der Waals surface area contributed by atoms with Crippen LogP contribution in [-0.2, 0) is 9.59 Å². The van der Waals surface area contributed by atoms with E-state index in [-0.39, 0.29) is 18.9 Å². The number of rotatable bonds is 9. The summed E-state index contributed by atoms with van der Waals surface area (Å²) in [5.41, 5.74) is 0.754. The van der Waals surface area contributed by atoms with Crippen molar-refractivity contribution >= 4 is 17.6 Å². The summed E-state index contributed by atoms with van der Waals surface area (Å²) in [5, 5.41) is 11.6. The molecule has 0 aliphatic heterocycles. The van der Waals surface area contributed by atoms with Crippen molar-refractivity contribution < 1.29 is 14.7 Å². The van der Waals surface area contributed by atoms with Crippen LogP contribution in [0.1, 0.15) is 26.7 Å². The number of benzene rings is 1. The highest BCUT2D eigenvalue weighted by molar-refractivity contribution is 5.92. The quantitative estimate of drug-likeness (QED) is 0.733. The molecular weight excluding hydrogens is 268 g/mol. The van der Waals surface area contributed by atoms with Crippen molar-refractivity contribution in [2.45, 2.75) is 26.7 Å². The molecule has 0 saturated carbocycles. The Morgan fingerprint density at radius 1 is 1.19 bits per heavy atom. The fraction of sp³-hybridized carbons (Fsp3) is 0.500. The summed E-state index contributed by atoms with van der Waals surface area (Å²) < 4.78 is 0. The topological polar surface area (TPSA) is 69.6 Å². The summed E-state index contributed by atoms with van der Waals surface area (Å²) in [6.45, 7) is 5.56. The first-order chi connectivity index (χ1) is 9.97. The average Bonchev–Trinajstić information content (AvgIpc) is 2.42. The van der Waals surface area contributed by atoms with E-state index in [2.05, 4.69) is 19.2 Å². The lowest BCUT2D eigenvalue weighted by Crippen LogP contribution is -2.36. The van der Waals surface area contributed by atoms with Crippen molar-refractivity contribution in [1.29, 1.82) is 0 Å². The predicted molar refractivity (Wildman–Crippen MR) is 83.2 cm³/mol. The van der Waals surface area contributed by atoms with Crippen molar-refractivity contribution in [1.82, 2.24) is 4.90 Å². The number of nitrogens with zero attached hydrogens (tertiary/aromatic N) is 1. The van der Waals surface area contributed by atoms with Crippen LogP contribution < -0.4 is 5.32 Å². The smallest absolute Gasteiger partial charge is 0.304 e. The van der Waals surface area contributed by atoms with Crippen molar-refractivity contribution in [2.75, 3.05) is 25.0 Å². The molecule has 0 aromatic heterocycles. The number of carbonyl (C=O) groups is 2. The largest absolute Gasteiger partial charge is 0.481 e. The third-order valence-electron chi connectivity index (χ3n) is 3.09. The zero-order valence-electron chi connectivity index (χ0n) is 12.7. The minimum absolute atomic E-state index is 0.0523. The van der Waals surface area contributed by atoms with Crippen LogP contribution in [0.15, 0.2) is 30.3 Å². The van der Waals surface area contributed by atoms with E-state index in [0.29, 0.717) is 12.5 Å². The summed E-state index contributed by atoms with van der Waals surface area (Å²) in [5.74, 6) is -0.433. The number of para-hydroxylation sites is 1. The first-order valence-electron chi connectivity index (χ1n) is 7.26. The van der Waals surface area contributed by atoms with Crippen LogP contribution in [0.4, 0.5) is 5.69 Å². The molecule has 0 saturated heterocycles. The molecule has 0 atom stereocenters. The standard InChI is InChI=1S/C16H24N2O3/c1-13(2)8-10-18(11-9-16(20)21)12-15(19)17-14-6-4-3-5-7-14/h3-7,13H,8-12H2,1-2H3,(H,17,19)(H,20,21). The van der Waals surface area contributed by atoms with Crippen molar-refractivity contribution in [3.05, 3.63) is 30.3 Å². The number of hydrogen-bond donors (Lipinski definition) is 2. The maximum atomic E-state index is 12.0. The Morgan fingerprint density at radius 3 is 2.43 bits per heavy atom. The fourth-order valence-electron chi connectivity index (χ4n) is 1.89. The lowest BCUT2D eigenvalue weighted by Gasteiger charge is -2.22. The molecule has 0 radical (unpaired) electrons. The van der Waals surface area contributed by atoms with Gasteiger partial charge < -0.3 is 10.4 Å². The van der Waals surface area contributed by atoms with E-state index in [1.165, 1.54) is 0 Å². The molecule has 0 spiro atoms. The molecule has 5 nitrogen and oxygen atoms in total. The lowest BCUT2D eigenvalue weighted by atomic mass is 10.1. The summed E-state index contributed by atoms with van der Waals surface area (Å²) in [7, 11) is 0. The number of nitrogens with one attached hydrogen (secondary N) is 1. The van der Waals surface area contributed by atoms with Crippen molar-refractivity contribution in [2.24, 2.45) is 5.92 Å². The van der Waals surface area contributed by atoms with E-state index in [9.17, 15) is 9.59 Å². The van der Waals surface area contributed by atoms with Crippen molar-refractivity contribution in [3.8, 4) is 0 Å². The van der Waals surface area contributed by atoms with Gasteiger partial charge in [-0.25, -0.2) is 0 Å². The van der Waals surface area contributed by atoms with Crippen LogP contribution in [0.2, 0.25) is 0 Å². The molecular formula is C16H24N2O3. The normalized spacial score (nSPS) is 10.9. The first-order valence-corrected chi connectivity index (χ1v) is 7.26. The number of aliphatic carboxylic acids is 1. The molecule has 21 heavy (non-hydrogen) atoms. The van der Waals surface area contributed by atoms with Gasteiger partial charge >= 0.3 is 5.97 Å². The van der Waals surface area contributed by atoms with E-state index < -0.39 is 5.97 Å². The molecule has 0 bridgehead atoms. The molecule has 116 valence electrons. The van der Waals surface area contributed by atoms with Crippen LogP contribution in [0, 0.1) is 5.92 Å². The zero-order chi connectivity index (χ0) is 15.7. The fourth-order valence-corrected chi connectivity index (χ4v) is 1.89. The second-order valence-electron chi connectivity index (χ2n) is 5.52. The van der Waals surface area contributed by atoms with Crippen molar-refractivity contribution in [3.63, 3.8) is 0 Å². The van der Waals surface area contributed by atoms with Gasteiger partial charge in [-0.15, -0.1) is 0 Å². The van der Waals surface area contributed by atoms with E-state index in [1.807, 2.05) is 35.2 Å². The SMILES string of the molecule is CC(C)CCN(CCC(=O)O)CC(=O)Nc1ccccc1. The minimum Gasteiger partial charge on any atom is -0.481 e. The van der Waals surface area contributed by atoms with Gasteiger partial charge in [0.25, 0.3) is 0 Å². The summed E-state index contributed by atoms with van der Waals surface area (Å²) in [6.07, 6.45) is 0.995. The number of anilines is 1. The van der Waals surface area contributed by atoms with Gasteiger partial charge in [0.1, 0.15) is 0 Å². The van der Waals surface area contributed by atoms with E-state index >= 15 is 0 Å². The lowest BCUT2D eigenvalue weighted by molar-refractivity contribution is -0.137. The van der Waals surface area contributed by atoms with Crippen LogP contribution >= 0.6 is 0 Å². The Hall–Kier alpha value is -1.88. The maximum Gasteiger partial charge on any atom is 0.304 e. The van der Waals surface area contributed by atoms with Gasteiger partial charge in [-0.2, -0.15) is 0 Å². The highest BCUT2D eigenvalue weighted by atomic mass is 16.4. The number of carboxylic acid groups (broad SMARTS) is 1. The third kappa shape index (κ3) is 8.09. The highest BCUT2D eigenvalue weighted by Crippen LogP contribution is 2.06. The zero-order valence-corrected chi connectivity index (χ0v) is 12.7. The highest BCUT2D eigenvalue weighted by Gasteiger charge is 2.13. The van der Waals surface area contributed by atoms with Gasteiger partial charge in [-0.3, -0.25) is 14.5 Å². The Balaban J connectivity index is 2.49. The number of carbonyl (C=O) groups excluding carboxylic acids is 1. The Kier molecular flexibility index (Phi) is 7.46. The number of carboxylic acids is 1. The second-order valence-corrected chi connectivity index (χ2v) is 5.52. The Morgan fingerprint density at radius 2 is 1.86 bits per heavy atom. The molecule has 0 aliphatic carbocycles. The van der Waals surface area contributed by atoms with E-state index in [4.69, 9.17) is 5.11 Å². The molecule has 1 aromatic rings. The van der Waals surface area contributed by atoms with Crippen LogP contribution in [-0.4, -0.2) is 41.5 Å². The molecule has 0 aliphatic rings. The molecule has 2 N–H and O–H groups in total. The predicted octanol–water partition coefficient (Wildman–Crippen LogP) is 2.45. The first kappa shape index (κ1) is 17.2. The monoisotopic (exact) mass is 292 g/mol. The Labute approximate surface area is 126 Å². The van der Waals surface area contributed by atoms with Crippen LogP contribution in [0.5, 0.6) is 0 Å². The molecule has 5 heteroatoms. The second kappa shape index (κ2) is 9.13. The number of hydrogen-bond acceptors (Lipinski definition) is 3. The van der Waals surface area contributed by atoms with Gasteiger partial charge in [0.15, 0.2) is 0 Å². The third-order valence-corrected chi connectivity index (χ3v) is 3.09. The minimum atomic E-state index is -0.840. The van der Waals surface area contributed by atoms with E-state index in [1.54, 1.807) is 0 Å². The molecule has 0 fully saturated rings. The molecule has 0 heterocycles. The molecule has 1 rings (SSSR count). The molecule has 1 amide bonds.